The van der Waals surface area contributed by atoms with Gasteiger partial charge in [-0.15, -0.1) is 0 Å². The highest BCUT2D eigenvalue weighted by molar-refractivity contribution is 6.02. The number of carbonyl (C=O) groups excluding carboxylic acids is 1. The number of halogens is 1. The first kappa shape index (κ1) is 16.1. The molecular weight excluding hydrogens is 315 g/mol. The van der Waals surface area contributed by atoms with Crippen LogP contribution in [-0.2, 0) is 10.3 Å². The van der Waals surface area contributed by atoms with Crippen LogP contribution in [0.4, 0.5) is 10.1 Å². The summed E-state index contributed by atoms with van der Waals surface area (Å²) in [5.74, 6) is -0.209. The van der Waals surface area contributed by atoms with Gasteiger partial charge in [-0.2, -0.15) is 0 Å². The lowest BCUT2D eigenvalue weighted by Gasteiger charge is -2.30. The Labute approximate surface area is 137 Å². The summed E-state index contributed by atoms with van der Waals surface area (Å²) in [4.78, 5) is 20.4. The van der Waals surface area contributed by atoms with Crippen LogP contribution in [0, 0.1) is 12.7 Å². The van der Waals surface area contributed by atoms with E-state index in [1.165, 1.54) is 24.5 Å². The topological polar surface area (TPSA) is 103 Å². The Morgan fingerprint density at radius 1 is 1.46 bits per heavy atom. The van der Waals surface area contributed by atoms with Gasteiger partial charge in [0.1, 0.15) is 30.1 Å². The molecule has 3 N–H and O–H groups in total. The number of amides is 1. The Hall–Kier alpha value is -2.74. The zero-order chi connectivity index (χ0) is 17.3. The van der Waals surface area contributed by atoms with Crippen LogP contribution in [0.25, 0.3) is 0 Å². The highest BCUT2D eigenvalue weighted by Crippen LogP contribution is 2.32. The summed E-state index contributed by atoms with van der Waals surface area (Å²) in [6.07, 6.45) is 1.26. The van der Waals surface area contributed by atoms with Crippen LogP contribution in [0.1, 0.15) is 28.9 Å². The standard InChI is InChI=1S/C16H17FN4O3/c1-9-19-13(6-24-9)15(22)20-10-3-4-12(17)11(5-10)16(2)8-23-7-14(18)21-16/h3-6H,7-8H2,1-2H3,(H2,18,21)(H,20,22)/t16-/m0/s1. The summed E-state index contributed by atoms with van der Waals surface area (Å²) < 4.78 is 24.7. The fourth-order valence-electron chi connectivity index (χ4n) is 2.55. The van der Waals surface area contributed by atoms with Crippen molar-refractivity contribution >= 4 is 17.4 Å². The number of aliphatic imine (C=N–C) groups is 1. The molecule has 1 amide bonds. The smallest absolute Gasteiger partial charge is 0.277 e. The largest absolute Gasteiger partial charge is 0.448 e. The van der Waals surface area contributed by atoms with E-state index in [1.807, 2.05) is 0 Å². The Kier molecular flexibility index (Phi) is 4.06. The molecule has 1 aromatic carbocycles. The predicted octanol–water partition coefficient (Wildman–Crippen LogP) is 1.98. The van der Waals surface area contributed by atoms with E-state index in [0.29, 0.717) is 23.0 Å². The number of aryl methyl sites for hydroxylation is 1. The van der Waals surface area contributed by atoms with Crippen LogP contribution >= 0.6 is 0 Å². The third-order valence-corrected chi connectivity index (χ3v) is 3.68. The van der Waals surface area contributed by atoms with Crippen molar-refractivity contribution in [3.63, 3.8) is 0 Å². The van der Waals surface area contributed by atoms with E-state index in [2.05, 4.69) is 15.3 Å². The van der Waals surface area contributed by atoms with E-state index >= 15 is 0 Å². The molecule has 126 valence electrons. The van der Waals surface area contributed by atoms with Crippen molar-refractivity contribution in [3.8, 4) is 0 Å². The zero-order valence-corrected chi connectivity index (χ0v) is 13.3. The molecule has 1 aliphatic heterocycles. The molecule has 0 fully saturated rings. The number of hydrogen-bond acceptors (Lipinski definition) is 6. The molecule has 7 nitrogen and oxygen atoms in total. The molecule has 8 heteroatoms. The van der Waals surface area contributed by atoms with Crippen molar-refractivity contribution in [2.45, 2.75) is 19.4 Å². The minimum Gasteiger partial charge on any atom is -0.448 e. The molecule has 1 aromatic heterocycles. The van der Waals surface area contributed by atoms with Gasteiger partial charge in [-0.3, -0.25) is 9.79 Å². The number of oxazole rings is 1. The average Bonchev–Trinajstić information content (AvgIpc) is 2.95. The molecule has 0 bridgehead atoms. The molecule has 0 aliphatic carbocycles. The first-order valence-corrected chi connectivity index (χ1v) is 7.33. The molecule has 24 heavy (non-hydrogen) atoms. The summed E-state index contributed by atoms with van der Waals surface area (Å²) in [5.41, 5.74) is 5.61. The first-order chi connectivity index (χ1) is 11.4. The minimum atomic E-state index is -0.947. The van der Waals surface area contributed by atoms with E-state index in [9.17, 15) is 9.18 Å². The first-order valence-electron chi connectivity index (χ1n) is 7.33. The number of ether oxygens (including phenoxy) is 1. The third kappa shape index (κ3) is 3.13. The summed E-state index contributed by atoms with van der Waals surface area (Å²) in [6, 6.07) is 4.25. The highest BCUT2D eigenvalue weighted by Gasteiger charge is 2.33. The Balaban J connectivity index is 1.89. The summed E-state index contributed by atoms with van der Waals surface area (Å²) in [6.45, 7) is 3.78. The van der Waals surface area contributed by atoms with Gasteiger partial charge in [0.15, 0.2) is 11.6 Å². The van der Waals surface area contributed by atoms with Crippen molar-refractivity contribution in [1.82, 2.24) is 4.98 Å². The second-order valence-electron chi connectivity index (χ2n) is 5.77. The molecule has 0 saturated heterocycles. The van der Waals surface area contributed by atoms with E-state index in [0.717, 1.165) is 0 Å². The van der Waals surface area contributed by atoms with Crippen LogP contribution in [0.5, 0.6) is 0 Å². The number of carbonyl (C=O) groups is 1. The van der Waals surface area contributed by atoms with E-state index in [1.54, 1.807) is 13.8 Å². The number of rotatable bonds is 3. The van der Waals surface area contributed by atoms with Gasteiger partial charge in [-0.25, -0.2) is 9.37 Å². The lowest BCUT2D eigenvalue weighted by atomic mass is 9.92. The Bertz CT molecular complexity index is 817. The Morgan fingerprint density at radius 3 is 2.92 bits per heavy atom. The summed E-state index contributed by atoms with van der Waals surface area (Å²) >= 11 is 0. The maximum atomic E-state index is 14.3. The summed E-state index contributed by atoms with van der Waals surface area (Å²) in [5, 5.41) is 2.66. The van der Waals surface area contributed by atoms with Crippen LogP contribution < -0.4 is 11.1 Å². The lowest BCUT2D eigenvalue weighted by Crippen LogP contribution is -2.38. The van der Waals surface area contributed by atoms with Crippen molar-refractivity contribution in [1.29, 1.82) is 0 Å². The van der Waals surface area contributed by atoms with Gasteiger partial charge < -0.3 is 20.2 Å². The number of aromatic nitrogens is 1. The molecule has 3 rings (SSSR count). The van der Waals surface area contributed by atoms with Crippen molar-refractivity contribution < 1.29 is 18.3 Å². The van der Waals surface area contributed by atoms with Crippen molar-refractivity contribution in [2.24, 2.45) is 10.7 Å². The quantitative estimate of drug-likeness (QED) is 0.894. The van der Waals surface area contributed by atoms with Crippen LogP contribution in [0.2, 0.25) is 0 Å². The number of nitrogens with zero attached hydrogens (tertiary/aromatic N) is 2. The lowest BCUT2D eigenvalue weighted by molar-refractivity contribution is 0.102. The molecular formula is C16H17FN4O3. The number of nitrogens with two attached hydrogens (primary N) is 1. The van der Waals surface area contributed by atoms with Crippen LogP contribution in [0.3, 0.4) is 0 Å². The van der Waals surface area contributed by atoms with E-state index < -0.39 is 17.3 Å². The third-order valence-electron chi connectivity index (χ3n) is 3.68. The van der Waals surface area contributed by atoms with E-state index in [-0.39, 0.29) is 18.9 Å². The molecule has 0 unspecified atom stereocenters. The monoisotopic (exact) mass is 332 g/mol. The zero-order valence-electron chi connectivity index (χ0n) is 13.3. The van der Waals surface area contributed by atoms with Crippen LogP contribution in [-0.4, -0.2) is 29.9 Å². The molecule has 0 radical (unpaired) electrons. The fourth-order valence-corrected chi connectivity index (χ4v) is 2.55. The van der Waals surface area contributed by atoms with Gasteiger partial charge in [-0.1, -0.05) is 0 Å². The maximum Gasteiger partial charge on any atom is 0.277 e. The van der Waals surface area contributed by atoms with Gasteiger partial charge in [0.25, 0.3) is 5.91 Å². The minimum absolute atomic E-state index is 0.146. The van der Waals surface area contributed by atoms with E-state index in [4.69, 9.17) is 14.9 Å². The highest BCUT2D eigenvalue weighted by atomic mass is 19.1. The number of anilines is 1. The second kappa shape index (κ2) is 6.04. The number of benzene rings is 1. The molecule has 1 atom stereocenters. The molecule has 2 aromatic rings. The fraction of sp³-hybridized carbons (Fsp3) is 0.312. The summed E-state index contributed by atoms with van der Waals surface area (Å²) in [7, 11) is 0. The van der Waals surface area contributed by atoms with Gasteiger partial charge in [0, 0.05) is 18.2 Å². The molecule has 1 aliphatic rings. The Morgan fingerprint density at radius 2 is 2.25 bits per heavy atom. The normalized spacial score (nSPS) is 20.5. The number of nitrogens with one attached hydrogen (secondary N) is 1. The van der Waals surface area contributed by atoms with Crippen molar-refractivity contribution in [3.05, 3.63) is 47.4 Å². The predicted molar refractivity (Wildman–Crippen MR) is 85.4 cm³/mol. The molecule has 0 saturated carbocycles. The number of hydrogen-bond donors (Lipinski definition) is 2. The van der Waals surface area contributed by atoms with Gasteiger partial charge in [-0.05, 0) is 25.1 Å². The van der Waals surface area contributed by atoms with Gasteiger partial charge in [0.2, 0.25) is 0 Å². The number of amidine groups is 1. The van der Waals surface area contributed by atoms with Gasteiger partial charge in [0.05, 0.1) is 6.61 Å². The molecule has 2 heterocycles. The van der Waals surface area contributed by atoms with Crippen LogP contribution in [0.15, 0.2) is 33.9 Å². The maximum absolute atomic E-state index is 14.3. The second-order valence-corrected chi connectivity index (χ2v) is 5.77. The molecule has 0 spiro atoms. The van der Waals surface area contributed by atoms with Crippen molar-refractivity contribution in [2.75, 3.05) is 18.5 Å². The average molecular weight is 332 g/mol. The SMILES string of the molecule is Cc1nc(C(=O)Nc2ccc(F)c([C@]3(C)COCC(N)=N3)c2)co1. The van der Waals surface area contributed by atoms with Gasteiger partial charge >= 0.3 is 0 Å².